The van der Waals surface area contributed by atoms with E-state index in [4.69, 9.17) is 17.0 Å². The molecule has 0 bridgehead atoms. The van der Waals surface area contributed by atoms with Gasteiger partial charge in [0, 0.05) is 39.7 Å². The fourth-order valence-corrected chi connectivity index (χ4v) is 4.73. The number of aryl methyl sites for hydroxylation is 1. The van der Waals surface area contributed by atoms with Crippen molar-refractivity contribution in [3.63, 3.8) is 0 Å². The molecule has 0 aliphatic heterocycles. The zero-order chi connectivity index (χ0) is 28.1. The SMILES string of the molecule is CCc1ncnc(-c2cccnc2Oc2ccc(NC(=S)Nc3cccc(SC(F)(F)F)c3)c3ccccc23)n1. The minimum atomic E-state index is -4.38. The Hall–Kier alpha value is -4.29. The van der Waals surface area contributed by atoms with Crippen LogP contribution in [0.1, 0.15) is 12.7 Å². The molecule has 0 fully saturated rings. The standard InChI is InChI=1S/C28H21F3N6OS2/c1-2-24-33-16-34-25(37-24)21-11-6-14-32-26(21)38-23-13-12-22(19-9-3-4-10-20(19)23)36-27(39)35-17-7-5-8-18(15-17)40-28(29,30)31/h3-16H,2H2,1H3,(H2,35,36,39). The second-order valence-electron chi connectivity index (χ2n) is 8.35. The van der Waals surface area contributed by atoms with E-state index >= 15 is 0 Å². The Labute approximate surface area is 237 Å². The number of anilines is 2. The predicted octanol–water partition coefficient (Wildman–Crippen LogP) is 7.86. The third-order valence-electron chi connectivity index (χ3n) is 5.61. The monoisotopic (exact) mass is 578 g/mol. The van der Waals surface area contributed by atoms with Crippen LogP contribution in [0.4, 0.5) is 24.5 Å². The molecule has 3 aromatic carbocycles. The average molecular weight is 579 g/mol. The van der Waals surface area contributed by atoms with E-state index < -0.39 is 5.51 Å². The lowest BCUT2D eigenvalue weighted by molar-refractivity contribution is -0.0328. The van der Waals surface area contributed by atoms with Gasteiger partial charge in [-0.05, 0) is 66.4 Å². The molecule has 5 rings (SSSR count). The maximum atomic E-state index is 12.8. The highest BCUT2D eigenvalue weighted by atomic mass is 32.2. The summed E-state index contributed by atoms with van der Waals surface area (Å²) in [4.78, 5) is 17.4. The third kappa shape index (κ3) is 6.64. The summed E-state index contributed by atoms with van der Waals surface area (Å²) < 4.78 is 44.6. The van der Waals surface area contributed by atoms with Crippen LogP contribution < -0.4 is 15.4 Å². The maximum Gasteiger partial charge on any atom is 0.446 e. The lowest BCUT2D eigenvalue weighted by Gasteiger charge is -2.16. The average Bonchev–Trinajstić information content (AvgIpc) is 2.94. The highest BCUT2D eigenvalue weighted by Gasteiger charge is 2.29. The predicted molar refractivity (Wildman–Crippen MR) is 155 cm³/mol. The van der Waals surface area contributed by atoms with Crippen LogP contribution in [0.15, 0.2) is 90.2 Å². The molecule has 2 N–H and O–H groups in total. The second-order valence-corrected chi connectivity index (χ2v) is 9.90. The van der Waals surface area contributed by atoms with E-state index in [1.54, 1.807) is 24.4 Å². The van der Waals surface area contributed by atoms with Crippen molar-refractivity contribution < 1.29 is 17.9 Å². The van der Waals surface area contributed by atoms with Crippen LogP contribution >= 0.6 is 24.0 Å². The molecular weight excluding hydrogens is 557 g/mol. The summed E-state index contributed by atoms with van der Waals surface area (Å²) >= 11 is 5.27. The summed E-state index contributed by atoms with van der Waals surface area (Å²) in [6.45, 7) is 1.97. The van der Waals surface area contributed by atoms with Gasteiger partial charge in [-0.2, -0.15) is 13.2 Å². The van der Waals surface area contributed by atoms with E-state index in [1.807, 2.05) is 43.3 Å². The summed E-state index contributed by atoms with van der Waals surface area (Å²) in [5, 5.41) is 7.92. The van der Waals surface area contributed by atoms with Crippen molar-refractivity contribution >= 4 is 51.2 Å². The quantitative estimate of drug-likeness (QED) is 0.148. The summed E-state index contributed by atoms with van der Waals surface area (Å²) in [6, 6.07) is 20.8. The minimum absolute atomic E-state index is 0.0595. The first-order valence-electron chi connectivity index (χ1n) is 12.1. The van der Waals surface area contributed by atoms with Gasteiger partial charge in [0.15, 0.2) is 10.9 Å². The number of alkyl halides is 3. The van der Waals surface area contributed by atoms with Crippen molar-refractivity contribution in [3.05, 3.63) is 91.1 Å². The molecule has 202 valence electrons. The van der Waals surface area contributed by atoms with Crippen LogP contribution in [0.25, 0.3) is 22.2 Å². The highest BCUT2D eigenvalue weighted by molar-refractivity contribution is 8.00. The zero-order valence-corrected chi connectivity index (χ0v) is 22.6. The number of nitrogens with one attached hydrogen (secondary N) is 2. The summed E-state index contributed by atoms with van der Waals surface area (Å²) in [6.07, 6.45) is 3.76. The van der Waals surface area contributed by atoms with Crippen LogP contribution in [0, 0.1) is 0 Å². The molecular formula is C28H21F3N6OS2. The number of aromatic nitrogens is 4. The van der Waals surface area contributed by atoms with Crippen molar-refractivity contribution in [2.75, 3.05) is 10.6 Å². The van der Waals surface area contributed by atoms with Crippen molar-refractivity contribution in [3.8, 4) is 23.0 Å². The molecule has 0 aliphatic rings. The van der Waals surface area contributed by atoms with Crippen molar-refractivity contribution in [1.82, 2.24) is 19.9 Å². The van der Waals surface area contributed by atoms with Gasteiger partial charge in [0.1, 0.15) is 17.9 Å². The number of benzene rings is 3. The third-order valence-corrected chi connectivity index (χ3v) is 6.54. The Balaban J connectivity index is 1.39. The number of hydrogen-bond acceptors (Lipinski definition) is 7. The van der Waals surface area contributed by atoms with Crippen LogP contribution in [-0.4, -0.2) is 30.6 Å². The van der Waals surface area contributed by atoms with Gasteiger partial charge in [-0.15, -0.1) is 0 Å². The first-order valence-corrected chi connectivity index (χ1v) is 13.3. The van der Waals surface area contributed by atoms with Gasteiger partial charge in [-0.3, -0.25) is 0 Å². The van der Waals surface area contributed by atoms with Gasteiger partial charge in [0.2, 0.25) is 5.88 Å². The fourth-order valence-electron chi connectivity index (χ4n) is 3.90. The molecule has 7 nitrogen and oxygen atoms in total. The van der Waals surface area contributed by atoms with E-state index in [1.165, 1.54) is 24.5 Å². The number of ether oxygens (including phenoxy) is 1. The number of fused-ring (bicyclic) bond motifs is 1. The highest BCUT2D eigenvalue weighted by Crippen LogP contribution is 2.38. The van der Waals surface area contributed by atoms with E-state index in [2.05, 4.69) is 30.6 Å². The molecule has 0 amide bonds. The van der Waals surface area contributed by atoms with Gasteiger partial charge in [-0.1, -0.05) is 37.3 Å². The maximum absolute atomic E-state index is 12.8. The molecule has 0 atom stereocenters. The van der Waals surface area contributed by atoms with Gasteiger partial charge < -0.3 is 15.4 Å². The summed E-state index contributed by atoms with van der Waals surface area (Å²) in [5.74, 6) is 2.03. The van der Waals surface area contributed by atoms with Crippen molar-refractivity contribution in [2.24, 2.45) is 0 Å². The molecule has 2 aromatic heterocycles. The fraction of sp³-hybridized carbons (Fsp3) is 0.107. The first kappa shape index (κ1) is 27.3. The molecule has 40 heavy (non-hydrogen) atoms. The molecule has 0 saturated heterocycles. The van der Waals surface area contributed by atoms with Crippen molar-refractivity contribution in [1.29, 1.82) is 0 Å². The minimum Gasteiger partial charge on any atom is -0.438 e. The Bertz CT molecular complexity index is 1680. The largest absolute Gasteiger partial charge is 0.446 e. The van der Waals surface area contributed by atoms with E-state index in [9.17, 15) is 13.2 Å². The first-order chi connectivity index (χ1) is 19.3. The summed E-state index contributed by atoms with van der Waals surface area (Å²) in [7, 11) is 0. The second kappa shape index (κ2) is 11.8. The Kier molecular flexibility index (Phi) is 8.08. The lowest BCUT2D eigenvalue weighted by atomic mass is 10.1. The Morgan fingerprint density at radius 2 is 1.75 bits per heavy atom. The summed E-state index contributed by atoms with van der Waals surface area (Å²) in [5.41, 5.74) is -2.63. The topological polar surface area (TPSA) is 84.9 Å². The van der Waals surface area contributed by atoms with Gasteiger partial charge >= 0.3 is 5.51 Å². The molecule has 0 spiro atoms. The number of halogens is 3. The number of hydrogen-bond donors (Lipinski definition) is 2. The number of thiocarbonyl (C=S) groups is 1. The molecule has 0 unspecified atom stereocenters. The molecule has 0 saturated carbocycles. The number of nitrogens with zero attached hydrogens (tertiary/aromatic N) is 4. The van der Waals surface area contributed by atoms with Gasteiger partial charge in [-0.25, -0.2) is 19.9 Å². The molecule has 2 heterocycles. The Morgan fingerprint density at radius 1 is 0.925 bits per heavy atom. The van der Waals surface area contributed by atoms with Crippen LogP contribution in [-0.2, 0) is 6.42 Å². The van der Waals surface area contributed by atoms with Crippen LogP contribution in [0.2, 0.25) is 0 Å². The molecule has 5 aromatic rings. The van der Waals surface area contributed by atoms with Gasteiger partial charge in [0.05, 0.1) is 5.56 Å². The van der Waals surface area contributed by atoms with Crippen LogP contribution in [0.3, 0.4) is 0 Å². The van der Waals surface area contributed by atoms with E-state index in [-0.39, 0.29) is 21.8 Å². The molecule has 0 radical (unpaired) electrons. The smallest absolute Gasteiger partial charge is 0.438 e. The van der Waals surface area contributed by atoms with Crippen molar-refractivity contribution in [2.45, 2.75) is 23.7 Å². The number of thioether (sulfide) groups is 1. The van der Waals surface area contributed by atoms with Gasteiger partial charge in [0.25, 0.3) is 0 Å². The van der Waals surface area contributed by atoms with Crippen LogP contribution in [0.5, 0.6) is 11.6 Å². The normalized spacial score (nSPS) is 11.3. The zero-order valence-electron chi connectivity index (χ0n) is 20.9. The van der Waals surface area contributed by atoms with E-state index in [0.717, 1.165) is 10.8 Å². The van der Waals surface area contributed by atoms with E-state index in [0.29, 0.717) is 46.6 Å². The lowest BCUT2D eigenvalue weighted by Crippen LogP contribution is -2.19. The number of pyridine rings is 1. The number of rotatable bonds is 7. The molecule has 12 heteroatoms. The Morgan fingerprint density at radius 3 is 2.55 bits per heavy atom. The molecule has 0 aliphatic carbocycles.